The van der Waals surface area contributed by atoms with Crippen LogP contribution in [0, 0.1) is 5.82 Å². The van der Waals surface area contributed by atoms with Gasteiger partial charge in [-0.25, -0.2) is 4.39 Å². The van der Waals surface area contributed by atoms with Crippen LogP contribution >= 0.6 is 0 Å². The Morgan fingerprint density at radius 3 is 2.62 bits per heavy atom. The van der Waals surface area contributed by atoms with Crippen LogP contribution in [0.5, 0.6) is 0 Å². The van der Waals surface area contributed by atoms with Crippen molar-refractivity contribution in [1.29, 1.82) is 0 Å². The van der Waals surface area contributed by atoms with E-state index in [1.54, 1.807) is 0 Å². The fraction of sp³-hybridized carbons (Fsp3) is 0.391. The zero-order chi connectivity index (χ0) is 19.6. The molecule has 2 aromatic carbocycles. The molecule has 1 fully saturated rings. The van der Waals surface area contributed by atoms with Gasteiger partial charge in [0.2, 0.25) is 0 Å². The average molecular weight is 391 g/mol. The van der Waals surface area contributed by atoms with Gasteiger partial charge in [-0.2, -0.15) is 0 Å². The molecule has 3 aromatic rings. The summed E-state index contributed by atoms with van der Waals surface area (Å²) in [4.78, 5) is 2.43. The van der Waals surface area contributed by atoms with Gasteiger partial charge in [0.25, 0.3) is 0 Å². The maximum Gasteiger partial charge on any atom is 0.147 e. The van der Waals surface area contributed by atoms with E-state index >= 15 is 0 Å². The molecule has 0 amide bonds. The molecule has 2 aliphatic heterocycles. The Morgan fingerprint density at radius 2 is 1.79 bits per heavy atom. The highest BCUT2D eigenvalue weighted by atomic mass is 19.1. The van der Waals surface area contributed by atoms with E-state index in [4.69, 9.17) is 0 Å². The molecule has 0 radical (unpaired) electrons. The number of fused-ring (bicyclic) bond motifs is 1. The number of nitrogens with one attached hydrogen (secondary N) is 1. The van der Waals surface area contributed by atoms with Crippen molar-refractivity contribution in [3.8, 4) is 11.1 Å². The number of benzene rings is 2. The minimum atomic E-state index is -0.203. The highest BCUT2D eigenvalue weighted by Gasteiger charge is 2.26. The Bertz CT molecular complexity index is 975. The van der Waals surface area contributed by atoms with Crippen LogP contribution in [-0.4, -0.2) is 39.3 Å². The fourth-order valence-electron chi connectivity index (χ4n) is 4.50. The predicted molar refractivity (Wildman–Crippen MR) is 111 cm³/mol. The van der Waals surface area contributed by atoms with E-state index in [0.717, 1.165) is 69.1 Å². The van der Waals surface area contributed by atoms with Gasteiger partial charge < -0.3 is 9.88 Å². The van der Waals surface area contributed by atoms with Gasteiger partial charge in [-0.1, -0.05) is 30.3 Å². The zero-order valence-corrected chi connectivity index (χ0v) is 16.5. The molecule has 1 saturated heterocycles. The van der Waals surface area contributed by atoms with Crippen molar-refractivity contribution in [3.05, 3.63) is 71.6 Å². The molecule has 0 spiro atoms. The molecule has 5 rings (SSSR count). The maximum absolute atomic E-state index is 13.2. The Hall–Kier alpha value is -2.57. The zero-order valence-electron chi connectivity index (χ0n) is 16.5. The molecule has 150 valence electrons. The second kappa shape index (κ2) is 8.05. The molecule has 5 nitrogen and oxygen atoms in total. The van der Waals surface area contributed by atoms with Crippen LogP contribution in [0.1, 0.15) is 36.0 Å². The summed E-state index contributed by atoms with van der Waals surface area (Å²) in [6.45, 7) is 5.82. The van der Waals surface area contributed by atoms with E-state index in [2.05, 4.69) is 49.2 Å². The predicted octanol–water partition coefficient (Wildman–Crippen LogP) is 3.57. The average Bonchev–Trinajstić information content (AvgIpc) is 3.18. The second-order valence-electron chi connectivity index (χ2n) is 8.07. The van der Waals surface area contributed by atoms with Crippen LogP contribution in [0.2, 0.25) is 0 Å². The maximum atomic E-state index is 13.2. The molecular weight excluding hydrogens is 365 g/mol. The molecule has 6 heteroatoms. The van der Waals surface area contributed by atoms with Crippen molar-refractivity contribution < 1.29 is 4.39 Å². The summed E-state index contributed by atoms with van der Waals surface area (Å²) in [6, 6.07) is 15.2. The topological polar surface area (TPSA) is 46.0 Å². The van der Waals surface area contributed by atoms with Crippen molar-refractivity contribution in [2.45, 2.75) is 38.4 Å². The Balaban J connectivity index is 1.29. The smallest absolute Gasteiger partial charge is 0.147 e. The minimum Gasteiger partial charge on any atom is -0.317 e. The third kappa shape index (κ3) is 3.95. The summed E-state index contributed by atoms with van der Waals surface area (Å²) in [7, 11) is 0. The number of halogens is 1. The number of nitrogens with zero attached hydrogens (tertiary/aromatic N) is 4. The Morgan fingerprint density at radius 1 is 0.966 bits per heavy atom. The number of hydrogen-bond donors (Lipinski definition) is 1. The molecule has 0 unspecified atom stereocenters. The molecule has 0 atom stereocenters. The summed E-state index contributed by atoms with van der Waals surface area (Å²) < 4.78 is 15.6. The van der Waals surface area contributed by atoms with Crippen molar-refractivity contribution in [1.82, 2.24) is 25.0 Å². The van der Waals surface area contributed by atoms with Crippen LogP contribution < -0.4 is 5.32 Å². The van der Waals surface area contributed by atoms with Crippen LogP contribution in [-0.2, 0) is 19.6 Å². The van der Waals surface area contributed by atoms with E-state index in [1.165, 1.54) is 23.5 Å². The lowest BCUT2D eigenvalue weighted by Crippen LogP contribution is -2.35. The van der Waals surface area contributed by atoms with E-state index in [9.17, 15) is 4.39 Å². The SMILES string of the molecule is Fc1ccc(-c2cccc(CN3CCn4c(nnc4C4CCNCC4)C3)c2)cc1. The van der Waals surface area contributed by atoms with Crippen molar-refractivity contribution in [2.75, 3.05) is 19.6 Å². The minimum absolute atomic E-state index is 0.203. The summed E-state index contributed by atoms with van der Waals surface area (Å²) in [6.07, 6.45) is 2.30. The van der Waals surface area contributed by atoms with Crippen molar-refractivity contribution >= 4 is 0 Å². The van der Waals surface area contributed by atoms with Gasteiger partial charge in [-0.05, 0) is 60.8 Å². The quantitative estimate of drug-likeness (QED) is 0.739. The third-order valence-corrected chi connectivity index (χ3v) is 6.08. The summed E-state index contributed by atoms with van der Waals surface area (Å²) in [5.74, 6) is 2.60. The van der Waals surface area contributed by atoms with Crippen molar-refractivity contribution in [3.63, 3.8) is 0 Å². The van der Waals surface area contributed by atoms with Crippen LogP contribution in [0.3, 0.4) is 0 Å². The van der Waals surface area contributed by atoms with Crippen LogP contribution in [0.4, 0.5) is 4.39 Å². The molecule has 0 saturated carbocycles. The monoisotopic (exact) mass is 391 g/mol. The van der Waals surface area contributed by atoms with E-state index in [0.29, 0.717) is 5.92 Å². The lowest BCUT2D eigenvalue weighted by molar-refractivity contribution is 0.205. The van der Waals surface area contributed by atoms with Crippen LogP contribution in [0.25, 0.3) is 11.1 Å². The molecular formula is C23H26FN5. The van der Waals surface area contributed by atoms with Crippen LogP contribution in [0.15, 0.2) is 48.5 Å². The van der Waals surface area contributed by atoms with Crippen molar-refractivity contribution in [2.24, 2.45) is 0 Å². The van der Waals surface area contributed by atoms with Gasteiger partial charge >= 0.3 is 0 Å². The third-order valence-electron chi connectivity index (χ3n) is 6.08. The number of hydrogen-bond acceptors (Lipinski definition) is 4. The van der Waals surface area contributed by atoms with E-state index < -0.39 is 0 Å². The summed E-state index contributed by atoms with van der Waals surface area (Å²) in [5.41, 5.74) is 3.42. The molecule has 0 aliphatic carbocycles. The summed E-state index contributed by atoms with van der Waals surface area (Å²) in [5, 5.41) is 12.5. The molecule has 1 N–H and O–H groups in total. The normalized spacial score (nSPS) is 18.0. The number of piperidine rings is 1. The lowest BCUT2D eigenvalue weighted by atomic mass is 9.97. The van der Waals surface area contributed by atoms with Gasteiger partial charge in [0.15, 0.2) is 0 Å². The first kappa shape index (κ1) is 18.5. The first-order chi connectivity index (χ1) is 14.3. The van der Waals surface area contributed by atoms with Gasteiger partial charge in [0, 0.05) is 25.6 Å². The van der Waals surface area contributed by atoms with Gasteiger partial charge in [0.1, 0.15) is 17.5 Å². The van der Waals surface area contributed by atoms with E-state index in [1.807, 2.05) is 12.1 Å². The first-order valence-corrected chi connectivity index (χ1v) is 10.5. The number of aromatic nitrogens is 3. The summed E-state index contributed by atoms with van der Waals surface area (Å²) >= 11 is 0. The molecule has 3 heterocycles. The van der Waals surface area contributed by atoms with Gasteiger partial charge in [-0.15, -0.1) is 10.2 Å². The molecule has 1 aromatic heterocycles. The number of rotatable bonds is 4. The molecule has 0 bridgehead atoms. The fourth-order valence-corrected chi connectivity index (χ4v) is 4.50. The van der Waals surface area contributed by atoms with Gasteiger partial charge in [0.05, 0.1) is 6.54 Å². The lowest BCUT2D eigenvalue weighted by Gasteiger charge is -2.29. The van der Waals surface area contributed by atoms with E-state index in [-0.39, 0.29) is 5.82 Å². The molecule has 2 aliphatic rings. The standard InChI is InChI=1S/C23H26FN5/c24-21-6-4-18(5-7-21)20-3-1-2-17(14-20)15-28-12-13-29-22(16-28)26-27-23(29)19-8-10-25-11-9-19/h1-7,14,19,25H,8-13,15-16H2. The first-order valence-electron chi connectivity index (χ1n) is 10.5. The largest absolute Gasteiger partial charge is 0.317 e. The highest BCUT2D eigenvalue weighted by Crippen LogP contribution is 2.27. The second-order valence-corrected chi connectivity index (χ2v) is 8.07. The highest BCUT2D eigenvalue weighted by molar-refractivity contribution is 5.64. The Labute approximate surface area is 170 Å². The molecule has 29 heavy (non-hydrogen) atoms. The Kier molecular flexibility index (Phi) is 5.12. The van der Waals surface area contributed by atoms with Gasteiger partial charge in [-0.3, -0.25) is 4.90 Å².